The summed E-state index contributed by atoms with van der Waals surface area (Å²) in [7, 11) is 0. The van der Waals surface area contributed by atoms with Gasteiger partial charge in [0.2, 0.25) is 12.7 Å². The van der Waals surface area contributed by atoms with E-state index in [1.807, 2.05) is 0 Å². The number of carbonyl (C=O) groups excluding carboxylic acids is 4. The van der Waals surface area contributed by atoms with Gasteiger partial charge in [0.05, 0.1) is 12.3 Å². The van der Waals surface area contributed by atoms with Gasteiger partial charge in [-0.2, -0.15) is 0 Å². The molecule has 1 rings (SSSR count). The molecule has 13 heteroatoms. The lowest BCUT2D eigenvalue weighted by Crippen LogP contribution is -2.55. The second-order valence-electron chi connectivity index (χ2n) is 12.1. The van der Waals surface area contributed by atoms with E-state index in [2.05, 4.69) is 23.5 Å². The molecule has 0 aliphatic heterocycles. The van der Waals surface area contributed by atoms with E-state index in [1.54, 1.807) is 31.2 Å². The first-order chi connectivity index (χ1) is 24.3. The number of nitrogens with zero attached hydrogens (tertiary/aromatic N) is 1. The summed E-state index contributed by atoms with van der Waals surface area (Å²) in [4.78, 5) is 74.8. The van der Waals surface area contributed by atoms with E-state index in [-0.39, 0.29) is 25.4 Å². The molecule has 13 nitrogen and oxygen atoms in total. The Hall–Kier alpha value is -4.70. The third kappa shape index (κ3) is 18.2. The Balaban J connectivity index is 3.07. The second-order valence-corrected chi connectivity index (χ2v) is 12.1. The predicted octanol–water partition coefficient (Wildman–Crippen LogP) is 5.85. The van der Waals surface area contributed by atoms with Crippen molar-refractivity contribution in [2.24, 2.45) is 5.92 Å². The zero-order chi connectivity index (χ0) is 38.1. The predicted molar refractivity (Wildman–Crippen MR) is 187 cm³/mol. The van der Waals surface area contributed by atoms with Gasteiger partial charge in [-0.1, -0.05) is 75.7 Å². The SMILES string of the molecule is CC#CCOc1ccc(CCN(C(=O)OCOC(C)=O)C(=O)[C@@H](/C=C/CCCCCCC(=O)CCCCCCC)[C@@](O)(CC(=O)O)C(=O)O)cc1. The number of benzene rings is 1. The lowest BCUT2D eigenvalue weighted by molar-refractivity contribution is -0.174. The van der Waals surface area contributed by atoms with Crippen molar-refractivity contribution in [3.63, 3.8) is 0 Å². The van der Waals surface area contributed by atoms with Crippen molar-refractivity contribution in [3.05, 3.63) is 42.0 Å². The number of amides is 2. The van der Waals surface area contributed by atoms with Crippen LogP contribution in [0.2, 0.25) is 0 Å². The molecule has 0 bridgehead atoms. The van der Waals surface area contributed by atoms with Crippen LogP contribution in [0.3, 0.4) is 0 Å². The van der Waals surface area contributed by atoms with Gasteiger partial charge in [-0.05, 0) is 56.7 Å². The van der Waals surface area contributed by atoms with Gasteiger partial charge in [0.25, 0.3) is 0 Å². The summed E-state index contributed by atoms with van der Waals surface area (Å²) in [5.74, 6) is -1.38. The van der Waals surface area contributed by atoms with Crippen LogP contribution >= 0.6 is 0 Å². The quantitative estimate of drug-likeness (QED) is 0.0341. The zero-order valence-electron chi connectivity index (χ0n) is 30.0. The Morgan fingerprint density at radius 1 is 0.902 bits per heavy atom. The summed E-state index contributed by atoms with van der Waals surface area (Å²) in [6.07, 6.45) is 9.78. The number of unbranched alkanes of at least 4 members (excludes halogenated alkanes) is 8. The van der Waals surface area contributed by atoms with E-state index < -0.39 is 54.6 Å². The van der Waals surface area contributed by atoms with Gasteiger partial charge in [-0.15, -0.1) is 5.92 Å². The molecule has 51 heavy (non-hydrogen) atoms. The van der Waals surface area contributed by atoms with E-state index in [0.717, 1.165) is 57.9 Å². The fourth-order valence-corrected chi connectivity index (χ4v) is 5.10. The summed E-state index contributed by atoms with van der Waals surface area (Å²) in [6.45, 7) is 3.89. The first-order valence-corrected chi connectivity index (χ1v) is 17.4. The third-order valence-corrected chi connectivity index (χ3v) is 8.00. The van der Waals surface area contributed by atoms with Crippen molar-refractivity contribution in [2.45, 2.75) is 116 Å². The third-order valence-electron chi connectivity index (χ3n) is 8.00. The molecule has 0 spiro atoms. The molecule has 3 N–H and O–H groups in total. The highest BCUT2D eigenvalue weighted by molar-refractivity contribution is 5.99. The van der Waals surface area contributed by atoms with Crippen LogP contribution in [0.25, 0.3) is 0 Å². The molecule has 0 heterocycles. The number of imide groups is 1. The van der Waals surface area contributed by atoms with E-state index >= 15 is 0 Å². The molecule has 0 aromatic heterocycles. The highest BCUT2D eigenvalue weighted by Gasteiger charge is 2.50. The van der Waals surface area contributed by atoms with Crippen molar-refractivity contribution >= 4 is 35.7 Å². The van der Waals surface area contributed by atoms with E-state index in [0.29, 0.717) is 41.9 Å². The van der Waals surface area contributed by atoms with Crippen LogP contribution in [0.1, 0.15) is 110 Å². The van der Waals surface area contributed by atoms with Gasteiger partial charge >= 0.3 is 24.0 Å². The van der Waals surface area contributed by atoms with E-state index in [9.17, 15) is 44.1 Å². The molecule has 0 radical (unpaired) electrons. The van der Waals surface area contributed by atoms with Crippen LogP contribution in [0.5, 0.6) is 5.75 Å². The topological polar surface area (TPSA) is 194 Å². The van der Waals surface area contributed by atoms with E-state index in [4.69, 9.17) is 9.47 Å². The fraction of sp³-hybridized carbons (Fsp3) is 0.579. The summed E-state index contributed by atoms with van der Waals surface area (Å²) in [5.41, 5.74) is -2.47. The molecule has 0 fully saturated rings. The number of aliphatic hydroxyl groups is 1. The van der Waals surface area contributed by atoms with Crippen molar-refractivity contribution in [1.29, 1.82) is 0 Å². The van der Waals surface area contributed by atoms with Crippen molar-refractivity contribution in [3.8, 4) is 17.6 Å². The smallest absolute Gasteiger partial charge is 0.419 e. The maximum absolute atomic E-state index is 13.9. The van der Waals surface area contributed by atoms with Crippen LogP contribution in [0.4, 0.5) is 4.79 Å². The van der Waals surface area contributed by atoms with Gasteiger partial charge in [0, 0.05) is 26.3 Å². The summed E-state index contributed by atoms with van der Waals surface area (Å²) >= 11 is 0. The lowest BCUT2D eigenvalue weighted by atomic mass is 9.82. The Morgan fingerprint density at radius 3 is 2.10 bits per heavy atom. The minimum atomic E-state index is -3.12. The summed E-state index contributed by atoms with van der Waals surface area (Å²) < 4.78 is 15.1. The highest BCUT2D eigenvalue weighted by atomic mass is 16.7. The zero-order valence-corrected chi connectivity index (χ0v) is 30.0. The molecule has 0 saturated carbocycles. The molecule has 0 aliphatic rings. The second kappa shape index (κ2) is 25.3. The Kier molecular flexibility index (Phi) is 22.0. The highest BCUT2D eigenvalue weighted by Crippen LogP contribution is 2.28. The fourth-order valence-electron chi connectivity index (χ4n) is 5.10. The number of aliphatic carboxylic acids is 2. The summed E-state index contributed by atoms with van der Waals surface area (Å²) in [5, 5.41) is 30.5. The van der Waals surface area contributed by atoms with Gasteiger partial charge in [-0.25, -0.2) is 14.5 Å². The van der Waals surface area contributed by atoms with Crippen molar-refractivity contribution in [2.75, 3.05) is 19.9 Å². The molecule has 2 atom stereocenters. The molecule has 282 valence electrons. The maximum Gasteiger partial charge on any atom is 0.419 e. The van der Waals surface area contributed by atoms with Gasteiger partial charge in [0.15, 0.2) is 5.60 Å². The van der Waals surface area contributed by atoms with Crippen LogP contribution in [-0.2, 0) is 39.9 Å². The van der Waals surface area contributed by atoms with Crippen LogP contribution in [-0.4, -0.2) is 81.5 Å². The Bertz CT molecular complexity index is 1360. The number of carboxylic acids is 2. The average Bonchev–Trinajstić information content (AvgIpc) is 3.07. The number of Topliss-reactive ketones (excluding diaryl/α,β-unsaturated/α-hetero) is 1. The lowest BCUT2D eigenvalue weighted by Gasteiger charge is -2.32. The molecule has 1 aromatic carbocycles. The number of hydrogen-bond donors (Lipinski definition) is 3. The number of esters is 1. The number of hydrogen-bond acceptors (Lipinski definition) is 10. The van der Waals surface area contributed by atoms with Crippen molar-refractivity contribution < 1.29 is 58.3 Å². The monoisotopic (exact) mass is 715 g/mol. The number of carboxylic acid groups (broad SMARTS) is 2. The molecule has 1 aromatic rings. The number of allylic oxidation sites excluding steroid dienone is 1. The molecule has 0 unspecified atom stereocenters. The van der Waals surface area contributed by atoms with Gasteiger partial charge in [0.1, 0.15) is 18.1 Å². The van der Waals surface area contributed by atoms with E-state index in [1.165, 1.54) is 12.5 Å². The van der Waals surface area contributed by atoms with Crippen LogP contribution in [0.15, 0.2) is 36.4 Å². The Morgan fingerprint density at radius 2 is 1.53 bits per heavy atom. The molecule has 2 amide bonds. The first-order valence-electron chi connectivity index (χ1n) is 17.4. The van der Waals surface area contributed by atoms with Gasteiger partial charge in [-0.3, -0.25) is 19.2 Å². The number of rotatable bonds is 26. The molecular formula is C38H53NO12. The normalized spacial score (nSPS) is 12.5. The Labute approximate surface area is 300 Å². The van der Waals surface area contributed by atoms with Crippen molar-refractivity contribution in [1.82, 2.24) is 4.90 Å². The largest absolute Gasteiger partial charge is 0.481 e. The van der Waals surface area contributed by atoms with Gasteiger partial charge < -0.3 is 29.5 Å². The number of ether oxygens (including phenoxy) is 3. The van der Waals surface area contributed by atoms with Crippen LogP contribution < -0.4 is 4.74 Å². The first kappa shape index (κ1) is 44.3. The standard InChI is InChI=1S/C38H53NO12/c1-4-6-8-11-14-17-31(41)18-15-12-9-10-13-16-19-33(38(48,36(45)46)27-34(42)43)35(44)39(37(47)51-28-50-29(3)40)25-24-30-20-22-32(23-21-30)49-26-7-5-2/h16,19-23,33,48H,4,6,8-15,17-18,24-28H2,1-3H3,(H,42,43)(H,45,46)/b19-16+/t33-,38+/m1/s1. The minimum absolute atomic E-state index is 0.0612. The average molecular weight is 716 g/mol. The molecule has 0 saturated heterocycles. The summed E-state index contributed by atoms with van der Waals surface area (Å²) in [6, 6.07) is 6.68. The van der Waals surface area contributed by atoms with Crippen LogP contribution in [0, 0.1) is 17.8 Å². The maximum atomic E-state index is 13.9. The minimum Gasteiger partial charge on any atom is -0.481 e. The molecule has 0 aliphatic carbocycles. The number of ketones is 1. The molecular weight excluding hydrogens is 662 g/mol. The number of carbonyl (C=O) groups is 6.